The van der Waals surface area contributed by atoms with Gasteiger partial charge in [0.05, 0.1) is 25.7 Å². The SMILES string of the molecule is C/C=C1/CN2CCc3c([nH]c4ccccc34)[C@H]2C[C@@H]1[C@H](CO)C(=O)OC. The average Bonchev–Trinajstić information content (AvgIpc) is 3.07. The van der Waals surface area contributed by atoms with E-state index in [1.807, 2.05) is 6.92 Å². The molecule has 2 N–H and O–H groups in total. The van der Waals surface area contributed by atoms with Crippen molar-refractivity contribution in [2.75, 3.05) is 26.8 Å². The van der Waals surface area contributed by atoms with E-state index in [0.717, 1.165) is 25.9 Å². The number of hydrogen-bond acceptors (Lipinski definition) is 4. The van der Waals surface area contributed by atoms with Crippen LogP contribution >= 0.6 is 0 Å². The second-order valence-corrected chi connectivity index (χ2v) is 7.32. The van der Waals surface area contributed by atoms with E-state index in [1.165, 1.54) is 34.8 Å². The van der Waals surface area contributed by atoms with Crippen molar-refractivity contribution in [1.29, 1.82) is 0 Å². The monoisotopic (exact) mass is 354 g/mol. The number of H-pyrrole nitrogens is 1. The molecule has 5 heteroatoms. The van der Waals surface area contributed by atoms with Crippen molar-refractivity contribution in [3.05, 3.63) is 47.2 Å². The summed E-state index contributed by atoms with van der Waals surface area (Å²) in [6.45, 7) is 3.70. The van der Waals surface area contributed by atoms with Crippen LogP contribution in [0.15, 0.2) is 35.9 Å². The molecule has 26 heavy (non-hydrogen) atoms. The van der Waals surface area contributed by atoms with E-state index in [4.69, 9.17) is 4.74 Å². The molecule has 2 aliphatic rings. The Hall–Kier alpha value is -2.11. The molecule has 4 rings (SSSR count). The van der Waals surface area contributed by atoms with Gasteiger partial charge in [0.15, 0.2) is 0 Å². The average molecular weight is 354 g/mol. The largest absolute Gasteiger partial charge is 0.469 e. The maximum absolute atomic E-state index is 12.2. The lowest BCUT2D eigenvalue weighted by Crippen LogP contribution is -2.45. The van der Waals surface area contributed by atoms with Gasteiger partial charge in [-0.2, -0.15) is 0 Å². The number of aliphatic hydroxyl groups excluding tert-OH is 1. The van der Waals surface area contributed by atoms with Crippen LogP contribution in [0.2, 0.25) is 0 Å². The van der Waals surface area contributed by atoms with E-state index in [1.54, 1.807) is 0 Å². The number of nitrogens with one attached hydrogen (secondary N) is 1. The van der Waals surface area contributed by atoms with Gasteiger partial charge in [0.25, 0.3) is 0 Å². The Labute approximate surface area is 153 Å². The maximum atomic E-state index is 12.2. The molecular weight excluding hydrogens is 328 g/mol. The summed E-state index contributed by atoms with van der Waals surface area (Å²) < 4.78 is 4.96. The molecule has 0 spiro atoms. The van der Waals surface area contributed by atoms with E-state index in [2.05, 4.69) is 40.2 Å². The van der Waals surface area contributed by atoms with Crippen LogP contribution in [0, 0.1) is 11.8 Å². The van der Waals surface area contributed by atoms with Crippen molar-refractivity contribution >= 4 is 16.9 Å². The topological polar surface area (TPSA) is 65.6 Å². The molecule has 3 heterocycles. The van der Waals surface area contributed by atoms with E-state index in [-0.39, 0.29) is 24.5 Å². The van der Waals surface area contributed by atoms with Gasteiger partial charge in [-0.3, -0.25) is 9.69 Å². The minimum absolute atomic E-state index is 0.0102. The van der Waals surface area contributed by atoms with Crippen molar-refractivity contribution in [3.8, 4) is 0 Å². The number of piperidine rings is 1. The van der Waals surface area contributed by atoms with Gasteiger partial charge in [0.2, 0.25) is 0 Å². The Morgan fingerprint density at radius 1 is 1.46 bits per heavy atom. The Balaban J connectivity index is 1.73. The van der Waals surface area contributed by atoms with Gasteiger partial charge in [-0.15, -0.1) is 0 Å². The number of allylic oxidation sites excluding steroid dienone is 1. The number of hydrogen-bond donors (Lipinski definition) is 2. The summed E-state index contributed by atoms with van der Waals surface area (Å²) in [6, 6.07) is 8.70. The van der Waals surface area contributed by atoms with Crippen LogP contribution in [-0.2, 0) is 16.0 Å². The Kier molecular flexibility index (Phi) is 4.59. The minimum atomic E-state index is -0.497. The number of aliphatic hydroxyl groups is 1. The molecule has 0 aliphatic carbocycles. The predicted molar refractivity (Wildman–Crippen MR) is 101 cm³/mol. The molecule has 2 aromatic rings. The molecular formula is C21H26N2O3. The van der Waals surface area contributed by atoms with Gasteiger partial charge < -0.3 is 14.8 Å². The number of ether oxygens (including phenoxy) is 1. The summed E-state index contributed by atoms with van der Waals surface area (Å²) in [5, 5.41) is 11.2. The fourth-order valence-corrected chi connectivity index (χ4v) is 4.81. The fraction of sp³-hybridized carbons (Fsp3) is 0.476. The predicted octanol–water partition coefficient (Wildman–Crippen LogP) is 2.81. The van der Waals surface area contributed by atoms with Crippen LogP contribution in [0.5, 0.6) is 0 Å². The van der Waals surface area contributed by atoms with Gasteiger partial charge >= 0.3 is 5.97 Å². The van der Waals surface area contributed by atoms with Gasteiger partial charge in [-0.25, -0.2) is 0 Å². The van der Waals surface area contributed by atoms with Crippen LogP contribution in [-0.4, -0.2) is 47.8 Å². The first-order valence-corrected chi connectivity index (χ1v) is 9.35. The quantitative estimate of drug-likeness (QED) is 0.657. The Bertz CT molecular complexity index is 854. The first-order chi connectivity index (χ1) is 12.7. The number of rotatable bonds is 3. The molecule has 3 atom stereocenters. The molecule has 0 unspecified atom stereocenters. The summed E-state index contributed by atoms with van der Waals surface area (Å²) in [7, 11) is 1.39. The summed E-state index contributed by atoms with van der Waals surface area (Å²) in [5.41, 5.74) is 5.09. The summed E-state index contributed by atoms with van der Waals surface area (Å²) >= 11 is 0. The highest BCUT2D eigenvalue weighted by Crippen LogP contribution is 2.44. The Morgan fingerprint density at radius 3 is 3.00 bits per heavy atom. The van der Waals surface area contributed by atoms with Gasteiger partial charge in [-0.1, -0.05) is 29.8 Å². The number of fused-ring (bicyclic) bond motifs is 5. The van der Waals surface area contributed by atoms with Crippen molar-refractivity contribution in [1.82, 2.24) is 9.88 Å². The molecule has 1 aromatic carbocycles. The summed E-state index contributed by atoms with van der Waals surface area (Å²) in [6.07, 6.45) is 3.96. The van der Waals surface area contributed by atoms with Crippen LogP contribution in [0.25, 0.3) is 10.9 Å². The second kappa shape index (κ2) is 6.89. The molecule has 0 radical (unpaired) electrons. The molecule has 0 bridgehead atoms. The standard InChI is InChI=1S/C21H26N2O3/c1-3-13-11-23-9-8-15-14-6-4-5-7-18(14)22-20(15)19(23)10-16(13)17(12-24)21(25)26-2/h3-7,16-17,19,22,24H,8-12H2,1-2H3/b13-3-/t16-,17-,19+/m0/s1. The van der Waals surface area contributed by atoms with Crippen molar-refractivity contribution in [2.45, 2.75) is 25.8 Å². The summed E-state index contributed by atoms with van der Waals surface area (Å²) in [4.78, 5) is 18.3. The molecule has 0 amide bonds. The van der Waals surface area contributed by atoms with Crippen molar-refractivity contribution < 1.29 is 14.6 Å². The third-order valence-electron chi connectivity index (χ3n) is 6.17. The van der Waals surface area contributed by atoms with Gasteiger partial charge in [0, 0.05) is 29.7 Å². The highest BCUT2D eigenvalue weighted by Gasteiger charge is 2.42. The van der Waals surface area contributed by atoms with Crippen LogP contribution in [0.3, 0.4) is 0 Å². The van der Waals surface area contributed by atoms with Crippen molar-refractivity contribution in [3.63, 3.8) is 0 Å². The second-order valence-electron chi connectivity index (χ2n) is 7.32. The number of methoxy groups -OCH3 is 1. The number of nitrogens with zero attached hydrogens (tertiary/aromatic N) is 1. The molecule has 0 saturated carbocycles. The van der Waals surface area contributed by atoms with Crippen LogP contribution in [0.1, 0.15) is 30.6 Å². The number of benzene rings is 1. The molecule has 1 saturated heterocycles. The van der Waals surface area contributed by atoms with Crippen molar-refractivity contribution in [2.24, 2.45) is 11.8 Å². The van der Waals surface area contributed by atoms with E-state index in [0.29, 0.717) is 0 Å². The minimum Gasteiger partial charge on any atom is -0.469 e. The zero-order valence-corrected chi connectivity index (χ0v) is 15.4. The molecule has 2 aliphatic heterocycles. The fourth-order valence-electron chi connectivity index (χ4n) is 4.81. The third kappa shape index (κ3) is 2.66. The number of esters is 1. The number of carbonyl (C=O) groups excluding carboxylic acids is 1. The number of aromatic nitrogens is 1. The highest BCUT2D eigenvalue weighted by molar-refractivity contribution is 5.85. The summed E-state index contributed by atoms with van der Waals surface area (Å²) in [5.74, 6) is -0.808. The van der Waals surface area contributed by atoms with Gasteiger partial charge in [0.1, 0.15) is 0 Å². The van der Waals surface area contributed by atoms with E-state index >= 15 is 0 Å². The first-order valence-electron chi connectivity index (χ1n) is 9.35. The van der Waals surface area contributed by atoms with Crippen LogP contribution in [0.4, 0.5) is 0 Å². The molecule has 5 nitrogen and oxygen atoms in total. The lowest BCUT2D eigenvalue weighted by atomic mass is 9.75. The Morgan fingerprint density at radius 2 is 2.27 bits per heavy atom. The van der Waals surface area contributed by atoms with E-state index < -0.39 is 5.92 Å². The van der Waals surface area contributed by atoms with Gasteiger partial charge in [-0.05, 0) is 37.3 Å². The third-order valence-corrected chi connectivity index (χ3v) is 6.17. The first kappa shape index (κ1) is 17.3. The lowest BCUT2D eigenvalue weighted by Gasteiger charge is -2.45. The van der Waals surface area contributed by atoms with Crippen LogP contribution < -0.4 is 0 Å². The molecule has 1 fully saturated rings. The van der Waals surface area contributed by atoms with E-state index in [9.17, 15) is 9.90 Å². The lowest BCUT2D eigenvalue weighted by molar-refractivity contribution is -0.149. The molecule has 138 valence electrons. The number of carbonyl (C=O) groups is 1. The maximum Gasteiger partial charge on any atom is 0.311 e. The normalized spacial score (nSPS) is 25.7. The highest BCUT2D eigenvalue weighted by atomic mass is 16.5. The zero-order chi connectivity index (χ0) is 18.3. The number of aromatic amines is 1. The smallest absolute Gasteiger partial charge is 0.311 e. The number of para-hydroxylation sites is 1. The molecule has 1 aromatic heterocycles. The zero-order valence-electron chi connectivity index (χ0n) is 15.4.